The number of thiophene rings is 1. The van der Waals surface area contributed by atoms with Crippen molar-refractivity contribution in [1.82, 2.24) is 15.1 Å². The first-order valence-electron chi connectivity index (χ1n) is 5.73. The predicted octanol–water partition coefficient (Wildman–Crippen LogP) is 3.33. The van der Waals surface area contributed by atoms with Crippen molar-refractivity contribution in [3.05, 3.63) is 33.1 Å². The third-order valence-electron chi connectivity index (χ3n) is 2.42. The van der Waals surface area contributed by atoms with Crippen molar-refractivity contribution in [2.75, 3.05) is 12.3 Å². The van der Waals surface area contributed by atoms with E-state index >= 15 is 0 Å². The van der Waals surface area contributed by atoms with Crippen LogP contribution in [0.5, 0.6) is 0 Å². The van der Waals surface area contributed by atoms with Gasteiger partial charge in [0.25, 0.3) is 0 Å². The maximum atomic E-state index is 5.88. The molecule has 0 bridgehead atoms. The molecule has 0 saturated carbocycles. The molecule has 0 atom stereocenters. The highest BCUT2D eigenvalue weighted by Gasteiger charge is 2.02. The fourth-order valence-electron chi connectivity index (χ4n) is 1.61. The lowest BCUT2D eigenvalue weighted by Crippen LogP contribution is -2.15. The molecule has 0 aliphatic heterocycles. The van der Waals surface area contributed by atoms with Gasteiger partial charge in [0.2, 0.25) is 0 Å². The Morgan fingerprint density at radius 1 is 1.50 bits per heavy atom. The number of aromatic nitrogens is 2. The standard InChI is InChI=1S/C12H16ClN3S2/c1-9-7-12(16(2)15-9)17-6-5-14-8-10-3-4-11(13)18-10/h3-4,7,14H,5-6,8H2,1-2H3. The van der Waals surface area contributed by atoms with Crippen LogP contribution < -0.4 is 5.32 Å². The lowest BCUT2D eigenvalue weighted by atomic mass is 10.4. The minimum Gasteiger partial charge on any atom is -0.311 e. The molecule has 2 aromatic heterocycles. The highest BCUT2D eigenvalue weighted by atomic mass is 35.5. The molecular weight excluding hydrogens is 286 g/mol. The zero-order chi connectivity index (χ0) is 13.0. The number of thioether (sulfide) groups is 1. The summed E-state index contributed by atoms with van der Waals surface area (Å²) in [5, 5.41) is 8.95. The van der Waals surface area contributed by atoms with E-state index in [1.54, 1.807) is 11.3 Å². The monoisotopic (exact) mass is 301 g/mol. The molecule has 18 heavy (non-hydrogen) atoms. The lowest BCUT2D eigenvalue weighted by molar-refractivity contribution is 0.690. The highest BCUT2D eigenvalue weighted by molar-refractivity contribution is 7.99. The van der Waals surface area contributed by atoms with E-state index in [0.717, 1.165) is 28.9 Å². The highest BCUT2D eigenvalue weighted by Crippen LogP contribution is 2.21. The number of halogens is 1. The van der Waals surface area contributed by atoms with Crippen molar-refractivity contribution in [2.45, 2.75) is 18.5 Å². The summed E-state index contributed by atoms with van der Waals surface area (Å²) in [6, 6.07) is 6.12. The maximum Gasteiger partial charge on any atom is 0.0939 e. The molecule has 1 N–H and O–H groups in total. The number of nitrogens with zero attached hydrogens (tertiary/aromatic N) is 2. The van der Waals surface area contributed by atoms with Gasteiger partial charge >= 0.3 is 0 Å². The van der Waals surface area contributed by atoms with E-state index in [9.17, 15) is 0 Å². The maximum absolute atomic E-state index is 5.88. The van der Waals surface area contributed by atoms with E-state index in [1.807, 2.05) is 36.5 Å². The van der Waals surface area contributed by atoms with Crippen LogP contribution in [0.3, 0.4) is 0 Å². The topological polar surface area (TPSA) is 29.9 Å². The van der Waals surface area contributed by atoms with Crippen molar-refractivity contribution in [2.24, 2.45) is 7.05 Å². The molecule has 0 aromatic carbocycles. The largest absolute Gasteiger partial charge is 0.311 e. The molecule has 0 spiro atoms. The number of rotatable bonds is 6. The molecular formula is C12H16ClN3S2. The zero-order valence-corrected chi connectivity index (χ0v) is 12.8. The first kappa shape index (κ1) is 13.9. The van der Waals surface area contributed by atoms with Crippen LogP contribution in [0.1, 0.15) is 10.6 Å². The second-order valence-electron chi connectivity index (χ2n) is 3.98. The van der Waals surface area contributed by atoms with Gasteiger partial charge in [-0.15, -0.1) is 23.1 Å². The van der Waals surface area contributed by atoms with Crippen molar-refractivity contribution in [3.8, 4) is 0 Å². The van der Waals surface area contributed by atoms with E-state index in [1.165, 1.54) is 9.90 Å². The summed E-state index contributed by atoms with van der Waals surface area (Å²) in [4.78, 5) is 1.28. The van der Waals surface area contributed by atoms with Crippen LogP contribution in [0.4, 0.5) is 0 Å². The van der Waals surface area contributed by atoms with E-state index in [-0.39, 0.29) is 0 Å². The van der Waals surface area contributed by atoms with Gasteiger partial charge in [0.1, 0.15) is 0 Å². The molecule has 3 nitrogen and oxygen atoms in total. The molecule has 0 fully saturated rings. The van der Waals surface area contributed by atoms with Crippen LogP contribution in [0.15, 0.2) is 23.2 Å². The van der Waals surface area contributed by atoms with Gasteiger partial charge in [-0.3, -0.25) is 4.68 Å². The normalized spacial score (nSPS) is 11.1. The molecule has 0 saturated heterocycles. The summed E-state index contributed by atoms with van der Waals surface area (Å²) in [6.07, 6.45) is 0. The first-order valence-corrected chi connectivity index (χ1v) is 7.91. The minimum atomic E-state index is 0.853. The summed E-state index contributed by atoms with van der Waals surface area (Å²) in [5.74, 6) is 1.04. The molecule has 2 aromatic rings. The van der Waals surface area contributed by atoms with Gasteiger partial charge in [-0.2, -0.15) is 5.10 Å². The fourth-order valence-corrected chi connectivity index (χ4v) is 3.60. The molecule has 0 amide bonds. The molecule has 0 aliphatic carbocycles. The second-order valence-corrected chi connectivity index (χ2v) is 6.89. The van der Waals surface area contributed by atoms with Gasteiger partial charge in [0.15, 0.2) is 0 Å². The molecule has 2 heterocycles. The summed E-state index contributed by atoms with van der Waals surface area (Å²) in [5.41, 5.74) is 1.07. The summed E-state index contributed by atoms with van der Waals surface area (Å²) in [7, 11) is 1.98. The molecule has 0 radical (unpaired) electrons. The number of nitrogens with one attached hydrogen (secondary N) is 1. The van der Waals surface area contributed by atoms with E-state index < -0.39 is 0 Å². The third-order valence-corrected chi connectivity index (χ3v) is 4.73. The van der Waals surface area contributed by atoms with Crippen LogP contribution in [0.2, 0.25) is 4.34 Å². The quantitative estimate of drug-likeness (QED) is 0.656. The van der Waals surface area contributed by atoms with Crippen molar-refractivity contribution >= 4 is 34.7 Å². The van der Waals surface area contributed by atoms with Gasteiger partial charge in [-0.25, -0.2) is 0 Å². The van der Waals surface area contributed by atoms with Gasteiger partial charge < -0.3 is 5.32 Å². The Morgan fingerprint density at radius 2 is 2.33 bits per heavy atom. The predicted molar refractivity (Wildman–Crippen MR) is 79.7 cm³/mol. The van der Waals surface area contributed by atoms with Crippen molar-refractivity contribution in [3.63, 3.8) is 0 Å². The SMILES string of the molecule is Cc1cc(SCCNCc2ccc(Cl)s2)n(C)n1. The third kappa shape index (κ3) is 4.02. The van der Waals surface area contributed by atoms with Crippen LogP contribution in [-0.2, 0) is 13.6 Å². The van der Waals surface area contributed by atoms with Gasteiger partial charge in [-0.1, -0.05) is 11.6 Å². The average molecular weight is 302 g/mol. The first-order chi connectivity index (χ1) is 8.65. The summed E-state index contributed by atoms with van der Waals surface area (Å²) >= 11 is 9.33. The van der Waals surface area contributed by atoms with E-state index in [4.69, 9.17) is 11.6 Å². The molecule has 2 rings (SSSR count). The Bertz CT molecular complexity index is 507. The molecule has 98 valence electrons. The van der Waals surface area contributed by atoms with Crippen LogP contribution >= 0.6 is 34.7 Å². The second kappa shape index (κ2) is 6.61. The molecule has 6 heteroatoms. The Balaban J connectivity index is 1.66. The van der Waals surface area contributed by atoms with Crippen LogP contribution in [0.25, 0.3) is 0 Å². The summed E-state index contributed by atoms with van der Waals surface area (Å²) < 4.78 is 2.78. The molecule has 0 unspecified atom stereocenters. The van der Waals surface area contributed by atoms with Crippen LogP contribution in [-0.4, -0.2) is 22.1 Å². The minimum absolute atomic E-state index is 0.853. The lowest BCUT2D eigenvalue weighted by Gasteiger charge is -2.03. The van der Waals surface area contributed by atoms with Gasteiger partial charge in [-0.05, 0) is 25.1 Å². The van der Waals surface area contributed by atoms with Gasteiger partial charge in [0.05, 0.1) is 15.1 Å². The van der Waals surface area contributed by atoms with Crippen molar-refractivity contribution in [1.29, 1.82) is 0 Å². The fraction of sp³-hybridized carbons (Fsp3) is 0.417. The zero-order valence-electron chi connectivity index (χ0n) is 10.4. The average Bonchev–Trinajstić information content (AvgIpc) is 2.85. The smallest absolute Gasteiger partial charge is 0.0939 e. The van der Waals surface area contributed by atoms with Crippen LogP contribution in [0, 0.1) is 6.92 Å². The van der Waals surface area contributed by atoms with E-state index in [0.29, 0.717) is 0 Å². The Hall–Kier alpha value is -0.490. The number of hydrogen-bond donors (Lipinski definition) is 1. The Kier molecular flexibility index (Phi) is 5.12. The van der Waals surface area contributed by atoms with Crippen molar-refractivity contribution < 1.29 is 0 Å². The number of hydrogen-bond acceptors (Lipinski definition) is 4. The Morgan fingerprint density at radius 3 is 2.94 bits per heavy atom. The van der Waals surface area contributed by atoms with Gasteiger partial charge in [0, 0.05) is 30.8 Å². The van der Waals surface area contributed by atoms with E-state index in [2.05, 4.69) is 22.5 Å². The Labute approximate surface area is 121 Å². The summed E-state index contributed by atoms with van der Waals surface area (Å²) in [6.45, 7) is 3.88. The molecule has 0 aliphatic rings. The number of aryl methyl sites for hydroxylation is 2.